The molecule has 3 aromatic rings. The van der Waals surface area contributed by atoms with Crippen molar-refractivity contribution < 1.29 is 14.0 Å². The predicted octanol–water partition coefficient (Wildman–Crippen LogP) is 11.5. The van der Waals surface area contributed by atoms with Gasteiger partial charge >= 0.3 is 0 Å². The van der Waals surface area contributed by atoms with Crippen molar-refractivity contribution in [2.24, 2.45) is 16.2 Å². The van der Waals surface area contributed by atoms with E-state index in [1.165, 1.54) is 50.2 Å². The van der Waals surface area contributed by atoms with Crippen LogP contribution in [0.25, 0.3) is 0 Å². The molecule has 2 unspecified atom stereocenters. The number of fused-ring (bicyclic) bond motifs is 1. The molecule has 2 atom stereocenters. The Kier molecular flexibility index (Phi) is 11.7. The van der Waals surface area contributed by atoms with Crippen LogP contribution in [0.15, 0.2) is 42.5 Å². The summed E-state index contributed by atoms with van der Waals surface area (Å²) in [6, 6.07) is 14.1. The molecule has 292 valence electrons. The monoisotopic (exact) mass is 737 g/mol. The minimum atomic E-state index is -0.254. The smallest absolute Gasteiger partial charge is 0.224 e. The van der Waals surface area contributed by atoms with E-state index in [4.69, 9.17) is 0 Å². The summed E-state index contributed by atoms with van der Waals surface area (Å²) in [7, 11) is 0. The van der Waals surface area contributed by atoms with Gasteiger partial charge in [0.1, 0.15) is 5.82 Å². The van der Waals surface area contributed by atoms with Crippen molar-refractivity contribution >= 4 is 28.9 Å². The molecule has 3 aromatic carbocycles. The lowest BCUT2D eigenvalue weighted by Gasteiger charge is -2.39. The molecule has 54 heavy (non-hydrogen) atoms. The van der Waals surface area contributed by atoms with Gasteiger partial charge in [-0.25, -0.2) is 4.39 Å². The first-order chi connectivity index (χ1) is 25.4. The minimum Gasteiger partial charge on any atom is -0.376 e. The van der Waals surface area contributed by atoms with Gasteiger partial charge < -0.3 is 16.0 Å². The average Bonchev–Trinajstić information content (AvgIpc) is 3.52. The molecule has 1 spiro atoms. The molecule has 2 aliphatic heterocycles. The van der Waals surface area contributed by atoms with Gasteiger partial charge in [-0.15, -0.1) is 0 Å². The van der Waals surface area contributed by atoms with E-state index in [-0.39, 0.29) is 40.4 Å². The van der Waals surface area contributed by atoms with Crippen LogP contribution in [0.5, 0.6) is 0 Å². The third-order valence-corrected chi connectivity index (χ3v) is 12.1. The number of hydrogen-bond acceptors (Lipinski definition) is 4. The molecule has 0 aromatic heterocycles. The fraction of sp³-hybridized carbons (Fsp3) is 0.574. The molecule has 0 bridgehead atoms. The van der Waals surface area contributed by atoms with Crippen molar-refractivity contribution in [3.8, 4) is 0 Å². The molecular weight excluding hydrogens is 672 g/mol. The number of rotatable bonds is 9. The highest BCUT2D eigenvalue weighted by atomic mass is 19.1. The molecule has 1 saturated heterocycles. The van der Waals surface area contributed by atoms with Crippen molar-refractivity contribution in [2.75, 3.05) is 29.0 Å². The van der Waals surface area contributed by atoms with E-state index >= 15 is 4.39 Å². The lowest BCUT2D eigenvalue weighted by molar-refractivity contribution is -0.118. The SMILES string of the molecule is Cc1cc(C2CC(Cc3cc(CN4CCC5(CCCC5)CC4)cc(C)c3NC(=O)CC(C)(C)C)c3cccc(F)c3N2)cc(C)c1NC(=O)CC(C)(C)C. The number of nitrogens with one attached hydrogen (secondary N) is 3. The van der Waals surface area contributed by atoms with Crippen molar-refractivity contribution in [1.29, 1.82) is 0 Å². The second kappa shape index (κ2) is 15.8. The Morgan fingerprint density at radius 2 is 1.39 bits per heavy atom. The van der Waals surface area contributed by atoms with Crippen LogP contribution in [0.3, 0.4) is 0 Å². The van der Waals surface area contributed by atoms with E-state index < -0.39 is 0 Å². The molecule has 2 fully saturated rings. The number of likely N-dealkylation sites (tertiary alicyclic amines) is 1. The first kappa shape index (κ1) is 40.0. The Bertz CT molecular complexity index is 1830. The van der Waals surface area contributed by atoms with Crippen LogP contribution in [0, 0.1) is 42.8 Å². The third kappa shape index (κ3) is 9.74. The molecule has 2 heterocycles. The molecule has 3 N–H and O–H groups in total. The van der Waals surface area contributed by atoms with Gasteiger partial charge in [0, 0.05) is 30.8 Å². The molecule has 7 heteroatoms. The third-order valence-electron chi connectivity index (χ3n) is 12.1. The van der Waals surface area contributed by atoms with Gasteiger partial charge in [-0.05, 0) is 140 Å². The molecule has 3 aliphatic rings. The zero-order chi connectivity index (χ0) is 39.0. The number of amides is 2. The topological polar surface area (TPSA) is 73.5 Å². The summed E-state index contributed by atoms with van der Waals surface area (Å²) >= 11 is 0. The molecule has 2 amide bonds. The van der Waals surface area contributed by atoms with Crippen LogP contribution in [0.2, 0.25) is 0 Å². The second-order valence-corrected chi connectivity index (χ2v) is 19.6. The maximum absolute atomic E-state index is 15.7. The van der Waals surface area contributed by atoms with Crippen LogP contribution < -0.4 is 16.0 Å². The Labute approximate surface area is 324 Å². The largest absolute Gasteiger partial charge is 0.376 e. The number of carbonyl (C=O) groups is 2. The summed E-state index contributed by atoms with van der Waals surface area (Å²) in [4.78, 5) is 29.0. The number of anilines is 3. The number of hydrogen-bond donors (Lipinski definition) is 3. The van der Waals surface area contributed by atoms with Crippen molar-refractivity contribution in [3.63, 3.8) is 0 Å². The Morgan fingerprint density at radius 1 is 0.815 bits per heavy atom. The van der Waals surface area contributed by atoms with E-state index in [0.717, 1.165) is 70.8 Å². The van der Waals surface area contributed by atoms with Gasteiger partial charge in [-0.1, -0.05) is 90.8 Å². The summed E-state index contributed by atoms with van der Waals surface area (Å²) in [5.74, 6) is -0.212. The summed E-state index contributed by atoms with van der Waals surface area (Å²) < 4.78 is 15.7. The minimum absolute atomic E-state index is 0.00856. The van der Waals surface area contributed by atoms with Gasteiger partial charge in [0.2, 0.25) is 11.8 Å². The number of piperidine rings is 1. The average molecular weight is 737 g/mol. The zero-order valence-corrected chi connectivity index (χ0v) is 34.5. The van der Waals surface area contributed by atoms with Crippen LogP contribution in [-0.2, 0) is 22.6 Å². The highest BCUT2D eigenvalue weighted by Crippen LogP contribution is 2.47. The zero-order valence-electron chi connectivity index (χ0n) is 34.5. The number of carbonyl (C=O) groups excluding carboxylic acids is 2. The van der Waals surface area contributed by atoms with Crippen molar-refractivity contribution in [1.82, 2.24) is 4.90 Å². The highest BCUT2D eigenvalue weighted by Gasteiger charge is 2.37. The van der Waals surface area contributed by atoms with E-state index in [2.05, 4.69) is 99.6 Å². The second-order valence-electron chi connectivity index (χ2n) is 19.6. The molecule has 6 nitrogen and oxygen atoms in total. The van der Waals surface area contributed by atoms with Crippen LogP contribution in [-0.4, -0.2) is 29.8 Å². The number of halogens is 1. The van der Waals surface area contributed by atoms with Gasteiger partial charge in [0.25, 0.3) is 0 Å². The summed E-state index contributed by atoms with van der Waals surface area (Å²) in [6.45, 7) is 21.8. The summed E-state index contributed by atoms with van der Waals surface area (Å²) in [5, 5.41) is 10.1. The summed E-state index contributed by atoms with van der Waals surface area (Å²) in [5.41, 5.74) is 10.1. The van der Waals surface area contributed by atoms with E-state index in [9.17, 15) is 9.59 Å². The Morgan fingerprint density at radius 3 is 1.98 bits per heavy atom. The summed E-state index contributed by atoms with van der Waals surface area (Å²) in [6.07, 6.45) is 10.4. The number of aryl methyl sites for hydroxylation is 3. The first-order valence-corrected chi connectivity index (χ1v) is 20.5. The predicted molar refractivity (Wildman–Crippen MR) is 222 cm³/mol. The van der Waals surface area contributed by atoms with Crippen LogP contribution in [0.1, 0.15) is 150 Å². The van der Waals surface area contributed by atoms with E-state index in [1.807, 2.05) is 19.9 Å². The number of para-hydroxylation sites is 1. The quantitative estimate of drug-likeness (QED) is 0.204. The molecule has 6 rings (SSSR count). The van der Waals surface area contributed by atoms with Crippen molar-refractivity contribution in [2.45, 2.75) is 145 Å². The molecule has 0 radical (unpaired) electrons. The number of benzene rings is 3. The highest BCUT2D eigenvalue weighted by molar-refractivity contribution is 5.93. The Balaban J connectivity index is 1.30. The lowest BCUT2D eigenvalue weighted by Crippen LogP contribution is -2.38. The van der Waals surface area contributed by atoms with Crippen LogP contribution in [0.4, 0.5) is 21.5 Å². The Hall–Kier alpha value is -3.71. The van der Waals surface area contributed by atoms with E-state index in [0.29, 0.717) is 30.4 Å². The van der Waals surface area contributed by atoms with Gasteiger partial charge in [-0.3, -0.25) is 14.5 Å². The standard InChI is InChI=1S/C47H65FN4O2/c1-30-21-33(29-52-19-17-47(18-20-52)15-10-11-16-47)24-36(43(30)51-41(54)28-46(7,8)9)25-34-26-39(49-44-37(34)13-12-14-38(44)48)35-22-31(2)42(32(3)23-35)50-40(53)27-45(4,5)6/h12-14,21-24,34,39,49H,10-11,15-20,25-29H2,1-9H3,(H,50,53)(H,51,54). The van der Waals surface area contributed by atoms with Crippen LogP contribution >= 0.6 is 0 Å². The maximum Gasteiger partial charge on any atom is 0.224 e. The van der Waals surface area contributed by atoms with E-state index in [1.54, 1.807) is 0 Å². The fourth-order valence-electron chi connectivity index (χ4n) is 9.52. The van der Waals surface area contributed by atoms with Gasteiger partial charge in [0.05, 0.1) is 11.7 Å². The molecule has 1 saturated carbocycles. The lowest BCUT2D eigenvalue weighted by atomic mass is 9.77. The molecular formula is C47H65FN4O2. The maximum atomic E-state index is 15.7. The normalized spacial score (nSPS) is 20.0. The molecule has 1 aliphatic carbocycles. The van der Waals surface area contributed by atoms with Gasteiger partial charge in [-0.2, -0.15) is 0 Å². The fourth-order valence-corrected chi connectivity index (χ4v) is 9.52. The first-order valence-electron chi connectivity index (χ1n) is 20.5. The van der Waals surface area contributed by atoms with Gasteiger partial charge in [0.15, 0.2) is 0 Å². The number of nitrogens with zero attached hydrogens (tertiary/aromatic N) is 1. The van der Waals surface area contributed by atoms with Crippen molar-refractivity contribution in [3.05, 3.63) is 87.2 Å².